The van der Waals surface area contributed by atoms with Gasteiger partial charge in [0.15, 0.2) is 0 Å². The van der Waals surface area contributed by atoms with E-state index in [1.807, 2.05) is 4.90 Å². The van der Waals surface area contributed by atoms with E-state index in [1.54, 1.807) is 6.20 Å². The number of carbonyl (C=O) groups excluding carboxylic acids is 1. The van der Waals surface area contributed by atoms with E-state index in [0.717, 1.165) is 12.8 Å². The summed E-state index contributed by atoms with van der Waals surface area (Å²) in [4.78, 5) is 13.8. The zero-order chi connectivity index (χ0) is 11.7. The van der Waals surface area contributed by atoms with Crippen molar-refractivity contribution in [2.75, 3.05) is 25.0 Å². The molecule has 0 bridgehead atoms. The van der Waals surface area contributed by atoms with Crippen molar-refractivity contribution in [1.82, 2.24) is 14.5 Å². The van der Waals surface area contributed by atoms with Crippen LogP contribution < -0.4 is 5.32 Å². The molecule has 1 aliphatic heterocycles. The minimum atomic E-state index is -0.0781. The fraction of sp³-hybridized carbons (Fsp3) is 0.700. The van der Waals surface area contributed by atoms with E-state index in [9.17, 15) is 4.79 Å². The maximum Gasteiger partial charge on any atom is 0.322 e. The highest BCUT2D eigenvalue weighted by Crippen LogP contribution is 2.38. The number of morpholine rings is 1. The van der Waals surface area contributed by atoms with Gasteiger partial charge in [0.1, 0.15) is 5.00 Å². The average Bonchev–Trinajstić information content (AvgIpc) is 2.80. The molecule has 0 unspecified atom stereocenters. The third-order valence-electron chi connectivity index (χ3n) is 3.39. The van der Waals surface area contributed by atoms with Crippen LogP contribution >= 0.6 is 11.5 Å². The van der Waals surface area contributed by atoms with Crippen LogP contribution in [0.1, 0.15) is 19.3 Å². The number of anilines is 1. The Hall–Kier alpha value is -1.21. The Kier molecular flexibility index (Phi) is 2.71. The summed E-state index contributed by atoms with van der Waals surface area (Å²) in [5.41, 5.74) is -0.0540. The van der Waals surface area contributed by atoms with Gasteiger partial charge < -0.3 is 9.64 Å². The molecule has 2 amide bonds. The van der Waals surface area contributed by atoms with Gasteiger partial charge in [-0.1, -0.05) is 4.49 Å². The summed E-state index contributed by atoms with van der Waals surface area (Å²) in [5, 5.41) is 7.17. The van der Waals surface area contributed by atoms with Crippen LogP contribution in [0.5, 0.6) is 0 Å². The second-order valence-electron chi connectivity index (χ2n) is 4.52. The van der Waals surface area contributed by atoms with E-state index >= 15 is 0 Å². The molecule has 3 rings (SSSR count). The van der Waals surface area contributed by atoms with Crippen LogP contribution in [-0.4, -0.2) is 45.8 Å². The quantitative estimate of drug-likeness (QED) is 0.821. The summed E-state index contributed by atoms with van der Waals surface area (Å²) in [5.74, 6) is 0. The van der Waals surface area contributed by atoms with Crippen LogP contribution in [-0.2, 0) is 4.74 Å². The number of hydrogen-bond donors (Lipinski definition) is 1. The Morgan fingerprint density at radius 2 is 2.47 bits per heavy atom. The predicted octanol–water partition coefficient (Wildman–Crippen LogP) is 1.32. The molecule has 7 heteroatoms. The first kappa shape index (κ1) is 10.9. The first-order valence-electron chi connectivity index (χ1n) is 5.75. The standard InChI is InChI=1S/C10H14N4O2S/c15-9(12-8-6-11-13-17-8)14-4-5-16-10(7-14)2-1-3-10/h6H,1-5,7H2,(H,12,15). The summed E-state index contributed by atoms with van der Waals surface area (Å²) in [6.07, 6.45) is 4.90. The lowest BCUT2D eigenvalue weighted by Crippen LogP contribution is -2.57. The topological polar surface area (TPSA) is 67.4 Å². The first-order chi connectivity index (χ1) is 8.27. The van der Waals surface area contributed by atoms with Gasteiger partial charge in [-0.25, -0.2) is 4.79 Å². The van der Waals surface area contributed by atoms with Gasteiger partial charge in [0.2, 0.25) is 0 Å². The van der Waals surface area contributed by atoms with Gasteiger partial charge in [-0.2, -0.15) is 0 Å². The summed E-state index contributed by atoms with van der Waals surface area (Å²) in [6.45, 7) is 1.99. The lowest BCUT2D eigenvalue weighted by molar-refractivity contribution is -0.140. The molecule has 1 N–H and O–H groups in total. The van der Waals surface area contributed by atoms with Crippen LogP contribution in [0.25, 0.3) is 0 Å². The van der Waals surface area contributed by atoms with Gasteiger partial charge in [-0.3, -0.25) is 5.32 Å². The third kappa shape index (κ3) is 2.12. The second-order valence-corrected chi connectivity index (χ2v) is 5.30. The van der Waals surface area contributed by atoms with E-state index in [4.69, 9.17) is 4.74 Å². The molecule has 1 aromatic heterocycles. The Labute approximate surface area is 103 Å². The molecule has 2 aliphatic rings. The van der Waals surface area contributed by atoms with Crippen molar-refractivity contribution in [1.29, 1.82) is 0 Å². The molecule has 92 valence electrons. The highest BCUT2D eigenvalue weighted by molar-refractivity contribution is 7.10. The number of urea groups is 1. The van der Waals surface area contributed by atoms with E-state index in [-0.39, 0.29) is 11.6 Å². The first-order valence-corrected chi connectivity index (χ1v) is 6.52. The van der Waals surface area contributed by atoms with Crippen molar-refractivity contribution in [3.63, 3.8) is 0 Å². The molecule has 0 atom stereocenters. The molecule has 6 nitrogen and oxygen atoms in total. The molecular formula is C10H14N4O2S. The number of amides is 2. The molecule has 0 aromatic carbocycles. The highest BCUT2D eigenvalue weighted by atomic mass is 32.1. The molecule has 1 spiro atoms. The highest BCUT2D eigenvalue weighted by Gasteiger charge is 2.43. The summed E-state index contributed by atoms with van der Waals surface area (Å²) in [7, 11) is 0. The number of hydrogen-bond acceptors (Lipinski definition) is 5. The van der Waals surface area contributed by atoms with Gasteiger partial charge >= 0.3 is 6.03 Å². The fourth-order valence-electron chi connectivity index (χ4n) is 2.30. The number of carbonyl (C=O) groups is 1. The van der Waals surface area contributed by atoms with Crippen molar-refractivity contribution in [2.24, 2.45) is 0 Å². The van der Waals surface area contributed by atoms with Crippen molar-refractivity contribution in [2.45, 2.75) is 24.9 Å². The number of nitrogens with one attached hydrogen (secondary N) is 1. The van der Waals surface area contributed by atoms with E-state index in [0.29, 0.717) is 24.7 Å². The monoisotopic (exact) mass is 254 g/mol. The Balaban J connectivity index is 1.61. The van der Waals surface area contributed by atoms with Crippen LogP contribution in [0.3, 0.4) is 0 Å². The van der Waals surface area contributed by atoms with Gasteiger partial charge in [-0.05, 0) is 19.3 Å². The van der Waals surface area contributed by atoms with Gasteiger partial charge in [0.05, 0.1) is 24.9 Å². The Bertz CT molecular complexity index is 404. The fourth-order valence-corrected chi connectivity index (χ4v) is 2.71. The maximum absolute atomic E-state index is 12.0. The summed E-state index contributed by atoms with van der Waals surface area (Å²) in [6, 6.07) is -0.0781. The molecular weight excluding hydrogens is 240 g/mol. The van der Waals surface area contributed by atoms with Crippen LogP contribution in [0.2, 0.25) is 0 Å². The predicted molar refractivity (Wildman–Crippen MR) is 63.0 cm³/mol. The smallest absolute Gasteiger partial charge is 0.322 e. The van der Waals surface area contributed by atoms with Crippen molar-refractivity contribution < 1.29 is 9.53 Å². The van der Waals surface area contributed by atoms with E-state index < -0.39 is 0 Å². The zero-order valence-corrected chi connectivity index (χ0v) is 10.2. The molecule has 1 aromatic rings. The largest absolute Gasteiger partial charge is 0.371 e. The number of aromatic nitrogens is 2. The van der Waals surface area contributed by atoms with Crippen LogP contribution in [0, 0.1) is 0 Å². The summed E-state index contributed by atoms with van der Waals surface area (Å²) < 4.78 is 9.48. The minimum absolute atomic E-state index is 0.0540. The maximum atomic E-state index is 12.0. The summed E-state index contributed by atoms with van der Waals surface area (Å²) >= 11 is 1.18. The molecule has 17 heavy (non-hydrogen) atoms. The Morgan fingerprint density at radius 1 is 1.59 bits per heavy atom. The van der Waals surface area contributed by atoms with Crippen LogP contribution in [0.4, 0.5) is 9.80 Å². The molecule has 2 heterocycles. The normalized spacial score (nSPS) is 22.2. The van der Waals surface area contributed by atoms with Crippen LogP contribution in [0.15, 0.2) is 6.20 Å². The number of nitrogens with zero attached hydrogens (tertiary/aromatic N) is 3. The van der Waals surface area contributed by atoms with Gasteiger partial charge in [0.25, 0.3) is 0 Å². The van der Waals surface area contributed by atoms with Gasteiger partial charge in [0, 0.05) is 18.1 Å². The molecule has 0 radical (unpaired) electrons. The molecule has 2 fully saturated rings. The molecule has 1 saturated carbocycles. The lowest BCUT2D eigenvalue weighted by atomic mass is 9.79. The van der Waals surface area contributed by atoms with Crippen molar-refractivity contribution >= 4 is 22.6 Å². The third-order valence-corrected chi connectivity index (χ3v) is 3.97. The number of ether oxygens (including phenoxy) is 1. The Morgan fingerprint density at radius 3 is 3.12 bits per heavy atom. The van der Waals surface area contributed by atoms with E-state index in [1.165, 1.54) is 18.0 Å². The molecule has 1 aliphatic carbocycles. The van der Waals surface area contributed by atoms with E-state index in [2.05, 4.69) is 14.9 Å². The zero-order valence-electron chi connectivity index (χ0n) is 9.39. The SMILES string of the molecule is O=C(Nc1cnns1)N1CCOC2(CCC2)C1. The average molecular weight is 254 g/mol. The van der Waals surface area contributed by atoms with Crippen molar-refractivity contribution in [3.05, 3.63) is 6.20 Å². The second kappa shape index (κ2) is 4.23. The lowest BCUT2D eigenvalue weighted by Gasteiger charge is -2.48. The number of rotatable bonds is 1. The van der Waals surface area contributed by atoms with Crippen molar-refractivity contribution in [3.8, 4) is 0 Å². The molecule has 1 saturated heterocycles. The minimum Gasteiger partial charge on any atom is -0.371 e. The van der Waals surface area contributed by atoms with Gasteiger partial charge in [-0.15, -0.1) is 5.10 Å².